The van der Waals surface area contributed by atoms with Crippen LogP contribution in [0.3, 0.4) is 0 Å². The van der Waals surface area contributed by atoms with Gasteiger partial charge >= 0.3 is 12.0 Å². The average Bonchev–Trinajstić information content (AvgIpc) is 3.60. The third-order valence-electron chi connectivity index (χ3n) is 5.55. The van der Waals surface area contributed by atoms with E-state index in [2.05, 4.69) is 31.1 Å². The number of carboxylic acids is 1. The molecule has 0 unspecified atom stereocenters. The van der Waals surface area contributed by atoms with E-state index in [0.717, 1.165) is 30.4 Å². The number of hydrogen-bond donors (Lipinski definition) is 3. The van der Waals surface area contributed by atoms with E-state index in [1.807, 2.05) is 0 Å². The molecule has 0 atom stereocenters. The van der Waals surface area contributed by atoms with Gasteiger partial charge in [-0.15, -0.1) is 0 Å². The second-order valence-corrected chi connectivity index (χ2v) is 10.9. The van der Waals surface area contributed by atoms with Gasteiger partial charge in [-0.1, -0.05) is 29.3 Å². The summed E-state index contributed by atoms with van der Waals surface area (Å²) < 4.78 is 31.2. The Hall–Kier alpha value is -3.92. The van der Waals surface area contributed by atoms with Crippen LogP contribution in [0.4, 0.5) is 15.6 Å². The summed E-state index contributed by atoms with van der Waals surface area (Å²) >= 11 is 0.430. The number of sulfone groups is 1. The number of benzene rings is 1. The largest absolute Gasteiger partial charge is 0.497 e. The van der Waals surface area contributed by atoms with Gasteiger partial charge in [-0.05, 0) is 41.5 Å². The van der Waals surface area contributed by atoms with Gasteiger partial charge in [0.2, 0.25) is 0 Å². The first-order valence-electron chi connectivity index (χ1n) is 10.6. The lowest BCUT2D eigenvalue weighted by molar-refractivity contribution is 0.0687. The lowest BCUT2D eigenvalue weighted by atomic mass is 9.95. The molecular weight excluding hydrogens is 514 g/mol. The van der Waals surface area contributed by atoms with Crippen molar-refractivity contribution in [2.24, 2.45) is 13.0 Å². The van der Waals surface area contributed by atoms with Crippen molar-refractivity contribution in [1.29, 1.82) is 0 Å². The van der Waals surface area contributed by atoms with Crippen LogP contribution in [0.1, 0.15) is 46.5 Å². The van der Waals surface area contributed by atoms with E-state index in [-0.39, 0.29) is 28.1 Å². The summed E-state index contributed by atoms with van der Waals surface area (Å²) in [6, 6.07) is 3.78. The Kier molecular flexibility index (Phi) is 6.98. The van der Waals surface area contributed by atoms with Crippen molar-refractivity contribution in [2.75, 3.05) is 17.7 Å². The fourth-order valence-electron chi connectivity index (χ4n) is 3.83. The number of urea groups is 1. The van der Waals surface area contributed by atoms with Crippen LogP contribution in [0, 0.1) is 5.92 Å². The fourth-order valence-corrected chi connectivity index (χ4v) is 6.50. The summed E-state index contributed by atoms with van der Waals surface area (Å²) in [7, 11) is -1.70. The number of carbonyl (C=O) groups is 3. The summed E-state index contributed by atoms with van der Waals surface area (Å²) in [4.78, 5) is 41.2. The Labute approximate surface area is 208 Å². The molecule has 1 saturated carbocycles. The van der Waals surface area contributed by atoms with Gasteiger partial charge < -0.3 is 15.2 Å². The van der Waals surface area contributed by atoms with Crippen LogP contribution < -0.4 is 15.4 Å². The molecule has 2 aromatic heterocycles. The van der Waals surface area contributed by atoms with E-state index in [1.54, 1.807) is 12.1 Å². The number of tetrazole rings is 1. The number of Topliss-reactive ketones (excluding diaryl/α,β-unsaturated/α-hetero) is 1. The molecule has 0 saturated heterocycles. The molecule has 3 N–H and O–H groups in total. The zero-order chi connectivity index (χ0) is 26.0. The lowest BCUT2D eigenvalue weighted by Gasteiger charge is -2.15. The highest BCUT2D eigenvalue weighted by Crippen LogP contribution is 2.33. The number of aryl methyl sites for hydroxylation is 1. The maximum Gasteiger partial charge on any atom is 0.356 e. The van der Waals surface area contributed by atoms with Crippen molar-refractivity contribution in [3.8, 4) is 5.75 Å². The predicted octanol–water partition coefficient (Wildman–Crippen LogP) is 2.22. The first-order chi connectivity index (χ1) is 17.1. The van der Waals surface area contributed by atoms with Crippen LogP contribution in [0.25, 0.3) is 0 Å². The van der Waals surface area contributed by atoms with Gasteiger partial charge in [0.05, 0.1) is 12.8 Å². The van der Waals surface area contributed by atoms with Crippen molar-refractivity contribution in [3.05, 3.63) is 29.5 Å². The molecule has 0 radical (unpaired) electrons. The first-order valence-corrected chi connectivity index (χ1v) is 12.9. The number of hydrogen-bond acceptors (Lipinski definition) is 11. The number of ether oxygens (including phenoxy) is 1. The molecule has 1 aliphatic rings. The minimum absolute atomic E-state index is 0.116. The van der Waals surface area contributed by atoms with E-state index in [1.165, 1.54) is 20.2 Å². The first kappa shape index (κ1) is 25.2. The fraction of sp³-hybridized carbons (Fsp3) is 0.350. The SMILES string of the molecule is COc1ccc(NC(=O)Nc2nc(C(=O)O)c(S(=O)(=O)c3nnnn3C)s2)c(C(=O)C2CCCC2)c1. The molecule has 2 amide bonds. The van der Waals surface area contributed by atoms with E-state index >= 15 is 0 Å². The second kappa shape index (κ2) is 9.98. The van der Waals surface area contributed by atoms with E-state index < -0.39 is 36.9 Å². The number of rotatable bonds is 8. The van der Waals surface area contributed by atoms with E-state index in [0.29, 0.717) is 17.1 Å². The molecule has 3 aromatic rings. The molecule has 1 aliphatic carbocycles. The minimum atomic E-state index is -4.44. The van der Waals surface area contributed by atoms with Crippen LogP contribution in [0.15, 0.2) is 27.6 Å². The molecule has 0 aliphatic heterocycles. The van der Waals surface area contributed by atoms with Gasteiger partial charge in [-0.2, -0.15) is 0 Å². The minimum Gasteiger partial charge on any atom is -0.497 e. The highest BCUT2D eigenvalue weighted by Gasteiger charge is 2.34. The average molecular weight is 536 g/mol. The third kappa shape index (κ3) is 4.90. The molecule has 16 heteroatoms. The monoisotopic (exact) mass is 535 g/mol. The summed E-state index contributed by atoms with van der Waals surface area (Å²) in [6.45, 7) is 0. The van der Waals surface area contributed by atoms with Crippen LogP contribution in [-0.2, 0) is 16.9 Å². The summed E-state index contributed by atoms with van der Waals surface area (Å²) in [5.74, 6) is -1.44. The number of carboxylic acid groups (broad SMARTS) is 1. The molecule has 14 nitrogen and oxygen atoms in total. The number of ketones is 1. The summed E-state index contributed by atoms with van der Waals surface area (Å²) in [5, 5.41) is 23.6. The number of nitrogens with one attached hydrogen (secondary N) is 2. The Morgan fingerprint density at radius 3 is 2.53 bits per heavy atom. The molecule has 0 bridgehead atoms. The number of carbonyl (C=O) groups excluding carboxylic acids is 2. The lowest BCUT2D eigenvalue weighted by Crippen LogP contribution is -2.22. The third-order valence-corrected chi connectivity index (χ3v) is 8.73. The van der Waals surface area contributed by atoms with Gasteiger partial charge in [0.1, 0.15) is 5.75 Å². The molecule has 1 aromatic carbocycles. The predicted molar refractivity (Wildman–Crippen MR) is 125 cm³/mol. The maximum absolute atomic E-state index is 13.1. The van der Waals surface area contributed by atoms with Crippen LogP contribution in [0.2, 0.25) is 0 Å². The number of thiazole rings is 1. The molecule has 1 fully saturated rings. The molecule has 190 valence electrons. The zero-order valence-electron chi connectivity index (χ0n) is 19.1. The molecule has 2 heterocycles. The van der Waals surface area contributed by atoms with Gasteiger partial charge in [0.25, 0.3) is 15.0 Å². The van der Waals surface area contributed by atoms with Crippen molar-refractivity contribution < 1.29 is 32.6 Å². The van der Waals surface area contributed by atoms with Crippen LogP contribution in [-0.4, -0.2) is 63.6 Å². The zero-order valence-corrected chi connectivity index (χ0v) is 20.7. The number of aromatic carboxylic acids is 1. The number of nitrogens with zero attached hydrogens (tertiary/aromatic N) is 5. The molecular formula is C20H21N7O7S2. The summed E-state index contributed by atoms with van der Waals surface area (Å²) in [6.07, 6.45) is 3.43. The van der Waals surface area contributed by atoms with E-state index in [9.17, 15) is 27.9 Å². The molecule has 4 rings (SSSR count). The van der Waals surface area contributed by atoms with Crippen molar-refractivity contribution >= 4 is 49.8 Å². The highest BCUT2D eigenvalue weighted by atomic mass is 32.2. The van der Waals surface area contributed by atoms with Crippen LogP contribution in [0.5, 0.6) is 5.75 Å². The highest BCUT2D eigenvalue weighted by molar-refractivity contribution is 7.93. The maximum atomic E-state index is 13.1. The number of methoxy groups -OCH3 is 1. The summed E-state index contributed by atoms with van der Waals surface area (Å²) in [5.41, 5.74) is -0.294. The smallest absolute Gasteiger partial charge is 0.356 e. The topological polar surface area (TPSA) is 195 Å². The van der Waals surface area contributed by atoms with Crippen molar-refractivity contribution in [3.63, 3.8) is 0 Å². The Morgan fingerprint density at radius 1 is 1.19 bits per heavy atom. The van der Waals surface area contributed by atoms with Gasteiger partial charge in [0, 0.05) is 18.5 Å². The second-order valence-electron chi connectivity index (χ2n) is 7.89. The standard InChI is InChI=1S/C20H21N7O7S2/c1-27-20(24-25-26-27)36(32,33)17-14(16(29)30)22-19(35-17)23-18(31)21-13-8-7-11(34-2)9-12(13)15(28)10-5-3-4-6-10/h7-10H,3-6H2,1-2H3,(H,29,30)(H2,21,22,23,31). The Balaban J connectivity index is 1.60. The number of aromatic nitrogens is 5. The Morgan fingerprint density at radius 2 is 1.92 bits per heavy atom. The number of amides is 2. The molecule has 36 heavy (non-hydrogen) atoms. The van der Waals surface area contributed by atoms with Gasteiger partial charge in [-0.3, -0.25) is 10.1 Å². The van der Waals surface area contributed by atoms with Crippen molar-refractivity contribution in [2.45, 2.75) is 35.0 Å². The normalized spacial score (nSPS) is 13.9. The van der Waals surface area contributed by atoms with Gasteiger partial charge in [0.15, 0.2) is 20.8 Å². The van der Waals surface area contributed by atoms with Crippen LogP contribution >= 0.6 is 11.3 Å². The Bertz CT molecular complexity index is 1440. The van der Waals surface area contributed by atoms with Crippen molar-refractivity contribution in [1.82, 2.24) is 25.2 Å². The quantitative estimate of drug-likeness (QED) is 0.358. The molecule has 0 spiro atoms. The van der Waals surface area contributed by atoms with Gasteiger partial charge in [-0.25, -0.2) is 27.7 Å². The number of anilines is 2. The van der Waals surface area contributed by atoms with E-state index in [4.69, 9.17) is 4.74 Å².